The highest BCUT2D eigenvalue weighted by Crippen LogP contribution is 2.25. The average molecular weight is 343 g/mol. The lowest BCUT2D eigenvalue weighted by Crippen LogP contribution is -2.23. The van der Waals surface area contributed by atoms with Gasteiger partial charge in [-0.2, -0.15) is 0 Å². The van der Waals surface area contributed by atoms with E-state index >= 15 is 0 Å². The minimum atomic E-state index is -0.521. The van der Waals surface area contributed by atoms with E-state index in [2.05, 4.69) is 15.5 Å². The molecule has 1 N–H and O–H groups in total. The molecular formula is C14H16ClFN4OS. The summed E-state index contributed by atoms with van der Waals surface area (Å²) in [6.45, 7) is 5.79. The third kappa shape index (κ3) is 3.98. The van der Waals surface area contributed by atoms with Crippen molar-refractivity contribution in [3.05, 3.63) is 35.4 Å². The molecule has 2 aromatic rings. The van der Waals surface area contributed by atoms with Crippen molar-refractivity contribution < 1.29 is 9.18 Å². The minimum Gasteiger partial charge on any atom is -0.325 e. The summed E-state index contributed by atoms with van der Waals surface area (Å²) in [5, 5.41) is 10.8. The van der Waals surface area contributed by atoms with Crippen molar-refractivity contribution in [3.63, 3.8) is 0 Å². The summed E-state index contributed by atoms with van der Waals surface area (Å²) < 4.78 is 15.0. The molecule has 1 aromatic heterocycles. The molecule has 0 spiro atoms. The second-order valence-corrected chi connectivity index (χ2v) is 6.71. The quantitative estimate of drug-likeness (QED) is 0.840. The van der Waals surface area contributed by atoms with E-state index < -0.39 is 5.82 Å². The number of aromatic nitrogens is 3. The summed E-state index contributed by atoms with van der Waals surface area (Å²) in [5.41, 5.74) is 0.453. The predicted octanol–water partition coefficient (Wildman–Crippen LogP) is 3.77. The van der Waals surface area contributed by atoms with Crippen LogP contribution in [0.2, 0.25) is 5.02 Å². The number of thioether (sulfide) groups is 1. The highest BCUT2D eigenvalue weighted by Gasteiger charge is 2.19. The molecule has 0 fully saturated rings. The van der Waals surface area contributed by atoms with E-state index in [0.29, 0.717) is 10.8 Å². The highest BCUT2D eigenvalue weighted by molar-refractivity contribution is 8.00. The van der Waals surface area contributed by atoms with E-state index in [1.165, 1.54) is 30.0 Å². The number of carbonyl (C=O) groups excluding carboxylic acids is 1. The summed E-state index contributed by atoms with van der Waals surface area (Å²) in [6, 6.07) is 4.27. The molecule has 0 aliphatic rings. The molecular weight excluding hydrogens is 327 g/mol. The first kappa shape index (κ1) is 16.8. The van der Waals surface area contributed by atoms with Crippen molar-refractivity contribution in [2.24, 2.45) is 0 Å². The van der Waals surface area contributed by atoms with Crippen LogP contribution >= 0.6 is 23.4 Å². The molecule has 1 unspecified atom stereocenters. The van der Waals surface area contributed by atoms with Gasteiger partial charge in [0.25, 0.3) is 0 Å². The molecule has 1 heterocycles. The van der Waals surface area contributed by atoms with Crippen LogP contribution in [0.1, 0.15) is 26.8 Å². The van der Waals surface area contributed by atoms with Crippen molar-refractivity contribution >= 4 is 35.0 Å². The molecule has 0 saturated heterocycles. The Kier molecular flexibility index (Phi) is 5.42. The normalized spacial score (nSPS) is 12.5. The molecule has 1 aromatic carbocycles. The molecule has 2 rings (SSSR count). The van der Waals surface area contributed by atoms with Crippen LogP contribution in [0.25, 0.3) is 0 Å². The maximum Gasteiger partial charge on any atom is 0.237 e. The first-order valence-corrected chi connectivity index (χ1v) is 7.96. The van der Waals surface area contributed by atoms with Gasteiger partial charge in [-0.15, -0.1) is 10.2 Å². The van der Waals surface area contributed by atoms with Crippen LogP contribution < -0.4 is 5.32 Å². The van der Waals surface area contributed by atoms with Crippen LogP contribution in [-0.2, 0) is 4.79 Å². The fraction of sp³-hybridized carbons (Fsp3) is 0.357. The lowest BCUT2D eigenvalue weighted by Gasteiger charge is -2.14. The Morgan fingerprint density at radius 2 is 2.14 bits per heavy atom. The zero-order chi connectivity index (χ0) is 16.3. The molecule has 1 amide bonds. The molecule has 1 atom stereocenters. The number of nitrogens with zero attached hydrogens (tertiary/aromatic N) is 3. The van der Waals surface area contributed by atoms with Crippen molar-refractivity contribution in [3.8, 4) is 0 Å². The van der Waals surface area contributed by atoms with Crippen LogP contribution in [0.15, 0.2) is 29.7 Å². The maximum atomic E-state index is 13.1. The third-order valence-corrected chi connectivity index (χ3v) is 4.30. The third-order valence-electron chi connectivity index (χ3n) is 2.94. The van der Waals surface area contributed by atoms with Crippen molar-refractivity contribution in [2.45, 2.75) is 37.2 Å². The summed E-state index contributed by atoms with van der Waals surface area (Å²) in [5.74, 6) is -0.738. The van der Waals surface area contributed by atoms with Gasteiger partial charge < -0.3 is 9.88 Å². The summed E-state index contributed by atoms with van der Waals surface area (Å²) in [6.07, 6.45) is 1.64. The Labute approximate surface area is 137 Å². The number of anilines is 1. The molecule has 0 radical (unpaired) electrons. The van der Waals surface area contributed by atoms with Gasteiger partial charge in [0, 0.05) is 11.7 Å². The van der Waals surface area contributed by atoms with Crippen LogP contribution in [0.5, 0.6) is 0 Å². The van der Waals surface area contributed by atoms with Gasteiger partial charge >= 0.3 is 0 Å². The molecule has 118 valence electrons. The number of carbonyl (C=O) groups is 1. The molecule has 0 saturated carbocycles. The summed E-state index contributed by atoms with van der Waals surface area (Å²) >= 11 is 7.00. The van der Waals surface area contributed by atoms with E-state index in [1.54, 1.807) is 13.3 Å². The van der Waals surface area contributed by atoms with Gasteiger partial charge in [-0.1, -0.05) is 23.4 Å². The van der Waals surface area contributed by atoms with Crippen molar-refractivity contribution in [2.75, 3.05) is 5.32 Å². The number of hydrogen-bond acceptors (Lipinski definition) is 4. The van der Waals surface area contributed by atoms with Crippen LogP contribution in [0, 0.1) is 5.82 Å². The number of hydrogen-bond donors (Lipinski definition) is 1. The van der Waals surface area contributed by atoms with Crippen molar-refractivity contribution in [1.29, 1.82) is 0 Å². The predicted molar refractivity (Wildman–Crippen MR) is 85.8 cm³/mol. The van der Waals surface area contributed by atoms with Gasteiger partial charge in [0.15, 0.2) is 5.16 Å². The van der Waals surface area contributed by atoms with E-state index in [-0.39, 0.29) is 22.2 Å². The number of nitrogens with one attached hydrogen (secondary N) is 1. The van der Waals surface area contributed by atoms with Gasteiger partial charge in [-0.3, -0.25) is 4.79 Å². The van der Waals surface area contributed by atoms with Crippen LogP contribution in [-0.4, -0.2) is 25.9 Å². The number of amides is 1. The van der Waals surface area contributed by atoms with Crippen molar-refractivity contribution in [1.82, 2.24) is 14.8 Å². The SMILES string of the molecule is CC(Sc1nncn1C(C)C)C(=O)Nc1ccc(F)c(Cl)c1. The molecule has 0 aliphatic heterocycles. The zero-order valence-corrected chi connectivity index (χ0v) is 14.0. The van der Waals surface area contributed by atoms with Gasteiger partial charge in [0.1, 0.15) is 12.1 Å². The number of rotatable bonds is 5. The first-order valence-electron chi connectivity index (χ1n) is 6.70. The average Bonchev–Trinajstić information content (AvgIpc) is 2.91. The molecule has 0 aliphatic carbocycles. The molecule has 5 nitrogen and oxygen atoms in total. The Balaban J connectivity index is 2.02. The monoisotopic (exact) mass is 342 g/mol. The van der Waals surface area contributed by atoms with Gasteiger partial charge in [-0.05, 0) is 39.0 Å². The first-order chi connectivity index (χ1) is 10.4. The maximum absolute atomic E-state index is 13.1. The number of benzene rings is 1. The Hall–Kier alpha value is -1.60. The standard InChI is InChI=1S/C14H16ClFN4OS/c1-8(2)20-7-17-19-14(20)22-9(3)13(21)18-10-4-5-12(16)11(15)6-10/h4-9H,1-3H3,(H,18,21). The van der Waals surface area contributed by atoms with Crippen LogP contribution in [0.4, 0.5) is 10.1 Å². The lowest BCUT2D eigenvalue weighted by atomic mass is 10.3. The zero-order valence-electron chi connectivity index (χ0n) is 12.4. The Morgan fingerprint density at radius 1 is 1.41 bits per heavy atom. The smallest absolute Gasteiger partial charge is 0.237 e. The van der Waals surface area contributed by atoms with E-state index in [4.69, 9.17) is 11.6 Å². The summed E-state index contributed by atoms with van der Waals surface area (Å²) in [4.78, 5) is 12.2. The van der Waals surface area contributed by atoms with Gasteiger partial charge in [0.2, 0.25) is 5.91 Å². The highest BCUT2D eigenvalue weighted by atomic mass is 35.5. The van der Waals surface area contributed by atoms with E-state index in [1.807, 2.05) is 18.4 Å². The molecule has 8 heteroatoms. The second kappa shape index (κ2) is 7.11. The second-order valence-electron chi connectivity index (χ2n) is 4.99. The molecule has 0 bridgehead atoms. The Bertz CT molecular complexity index is 677. The van der Waals surface area contributed by atoms with E-state index in [9.17, 15) is 9.18 Å². The largest absolute Gasteiger partial charge is 0.325 e. The fourth-order valence-electron chi connectivity index (χ4n) is 1.70. The Morgan fingerprint density at radius 3 is 2.77 bits per heavy atom. The number of halogens is 2. The molecule has 22 heavy (non-hydrogen) atoms. The minimum absolute atomic E-state index is 0.0299. The topological polar surface area (TPSA) is 59.8 Å². The summed E-state index contributed by atoms with van der Waals surface area (Å²) in [7, 11) is 0. The van der Waals surface area contributed by atoms with Gasteiger partial charge in [-0.25, -0.2) is 4.39 Å². The lowest BCUT2D eigenvalue weighted by molar-refractivity contribution is -0.115. The van der Waals surface area contributed by atoms with Gasteiger partial charge in [0.05, 0.1) is 10.3 Å². The van der Waals surface area contributed by atoms with Crippen LogP contribution in [0.3, 0.4) is 0 Å². The van der Waals surface area contributed by atoms with E-state index in [0.717, 1.165) is 0 Å². The fourth-order valence-corrected chi connectivity index (χ4v) is 2.84.